The van der Waals surface area contributed by atoms with Gasteiger partial charge in [0.25, 0.3) is 0 Å². The molecule has 0 saturated carbocycles. The summed E-state index contributed by atoms with van der Waals surface area (Å²) in [5.74, 6) is -0.214. The van der Waals surface area contributed by atoms with Gasteiger partial charge in [0, 0.05) is 5.41 Å². The molecule has 1 aliphatic rings. The Morgan fingerprint density at radius 2 is 1.75 bits per heavy atom. The van der Waals surface area contributed by atoms with Crippen molar-refractivity contribution >= 4 is 14.1 Å². The number of hydrogen-bond acceptors (Lipinski definition) is 3. The summed E-state index contributed by atoms with van der Waals surface area (Å²) < 4.78 is 6.60. The Bertz CT molecular complexity index is 495. The molecule has 0 fully saturated rings. The second kappa shape index (κ2) is 8.00. The number of carbonyl (C=O) groups excluding carboxylic acids is 1. The first-order chi connectivity index (χ1) is 11.0. The summed E-state index contributed by atoms with van der Waals surface area (Å²) in [6.45, 7) is 18.4. The Kier molecular flexibility index (Phi) is 7.06. The molecule has 1 aliphatic carbocycles. The van der Waals surface area contributed by atoms with Gasteiger partial charge >= 0.3 is 0 Å². The maximum absolute atomic E-state index is 12.1. The van der Waals surface area contributed by atoms with Crippen molar-refractivity contribution in [1.29, 1.82) is 0 Å². The van der Waals surface area contributed by atoms with Crippen molar-refractivity contribution in [1.82, 2.24) is 0 Å². The van der Waals surface area contributed by atoms with Crippen LogP contribution in [0.2, 0.25) is 16.6 Å². The third kappa shape index (κ3) is 4.20. The molecule has 0 heterocycles. The molecule has 1 atom stereocenters. The van der Waals surface area contributed by atoms with Gasteiger partial charge in [-0.3, -0.25) is 4.79 Å². The quantitative estimate of drug-likeness (QED) is 0.434. The molecule has 24 heavy (non-hydrogen) atoms. The van der Waals surface area contributed by atoms with E-state index in [4.69, 9.17) is 4.43 Å². The third-order valence-corrected chi connectivity index (χ3v) is 11.7. The van der Waals surface area contributed by atoms with E-state index in [-0.39, 0.29) is 11.5 Å². The van der Waals surface area contributed by atoms with Crippen LogP contribution in [-0.4, -0.2) is 25.8 Å². The van der Waals surface area contributed by atoms with Crippen LogP contribution in [0.15, 0.2) is 23.5 Å². The zero-order valence-corrected chi connectivity index (χ0v) is 17.8. The van der Waals surface area contributed by atoms with Gasteiger partial charge in [0.15, 0.2) is 5.76 Å². The smallest absolute Gasteiger partial charge is 0.203 e. The minimum atomic E-state index is -1.85. The van der Waals surface area contributed by atoms with E-state index in [9.17, 15) is 9.90 Å². The summed E-state index contributed by atoms with van der Waals surface area (Å²) in [5, 5.41) is 9.56. The SMILES string of the molecule is C/C(=C\C[C@@]1(C)CC=C(O)C1=O)CO[Si](C(C)C)(C(C)C)C(C)C. The van der Waals surface area contributed by atoms with Crippen LogP contribution in [0.25, 0.3) is 0 Å². The molecule has 0 bridgehead atoms. The summed E-state index contributed by atoms with van der Waals surface area (Å²) in [6.07, 6.45) is 5.02. The number of Topliss-reactive ketones (excluding diaryl/α,β-unsaturated/α-hetero) is 1. The number of carbonyl (C=O) groups is 1. The van der Waals surface area contributed by atoms with E-state index >= 15 is 0 Å². The third-order valence-electron chi connectivity index (χ3n) is 5.68. The lowest BCUT2D eigenvalue weighted by molar-refractivity contribution is -0.125. The summed E-state index contributed by atoms with van der Waals surface area (Å²) in [5.41, 5.74) is 2.39. The van der Waals surface area contributed by atoms with E-state index in [2.05, 4.69) is 54.5 Å². The normalized spacial score (nSPS) is 22.9. The second-order valence-electron chi connectivity index (χ2n) is 8.54. The summed E-state index contributed by atoms with van der Waals surface area (Å²) in [7, 11) is -1.85. The summed E-state index contributed by atoms with van der Waals surface area (Å²) in [4.78, 5) is 12.1. The molecule has 0 aliphatic heterocycles. The lowest BCUT2D eigenvalue weighted by Gasteiger charge is -2.42. The molecule has 0 aromatic rings. The van der Waals surface area contributed by atoms with E-state index in [1.807, 2.05) is 6.92 Å². The van der Waals surface area contributed by atoms with Crippen molar-refractivity contribution < 1.29 is 14.3 Å². The Hall–Kier alpha value is -0.873. The lowest BCUT2D eigenvalue weighted by Crippen LogP contribution is -2.48. The zero-order chi connectivity index (χ0) is 18.7. The fourth-order valence-electron chi connectivity index (χ4n) is 4.19. The van der Waals surface area contributed by atoms with Gasteiger partial charge < -0.3 is 9.53 Å². The van der Waals surface area contributed by atoms with Crippen LogP contribution in [0.4, 0.5) is 0 Å². The van der Waals surface area contributed by atoms with Crippen molar-refractivity contribution in [2.45, 2.75) is 84.9 Å². The molecule has 4 heteroatoms. The van der Waals surface area contributed by atoms with Crippen LogP contribution in [0.3, 0.4) is 0 Å². The van der Waals surface area contributed by atoms with Crippen LogP contribution in [0.1, 0.15) is 68.2 Å². The Labute approximate surface area is 149 Å². The standard InChI is InChI=1S/C20H36O3Si/c1-14(2)24(15(3)4,16(5)6)23-13-17(7)9-11-20(8)12-10-18(21)19(20)22/h9-10,14-16,21H,11-13H2,1-8H3/b17-9+/t20-/m0/s1. The van der Waals surface area contributed by atoms with E-state index < -0.39 is 13.7 Å². The number of ketones is 1. The van der Waals surface area contributed by atoms with Gasteiger partial charge in [-0.1, -0.05) is 60.1 Å². The molecule has 1 rings (SSSR count). The molecule has 0 unspecified atom stereocenters. The maximum atomic E-state index is 12.1. The Morgan fingerprint density at radius 3 is 2.12 bits per heavy atom. The largest absolute Gasteiger partial charge is 0.505 e. The molecule has 0 aromatic carbocycles. The van der Waals surface area contributed by atoms with Gasteiger partial charge in [-0.15, -0.1) is 0 Å². The zero-order valence-electron chi connectivity index (χ0n) is 16.8. The van der Waals surface area contributed by atoms with Crippen LogP contribution in [-0.2, 0) is 9.22 Å². The molecule has 0 radical (unpaired) electrons. The predicted octanol–water partition coefficient (Wildman–Crippen LogP) is 5.94. The first-order valence-corrected chi connectivity index (χ1v) is 11.3. The van der Waals surface area contributed by atoms with Crippen molar-refractivity contribution in [3.05, 3.63) is 23.5 Å². The average molecular weight is 353 g/mol. The number of aliphatic hydroxyl groups excluding tert-OH is 1. The van der Waals surface area contributed by atoms with Crippen molar-refractivity contribution in [3.8, 4) is 0 Å². The minimum absolute atomic E-state index is 0.0781. The minimum Gasteiger partial charge on any atom is -0.505 e. The monoisotopic (exact) mass is 352 g/mol. The highest BCUT2D eigenvalue weighted by Crippen LogP contribution is 2.42. The Balaban J connectivity index is 2.76. The summed E-state index contributed by atoms with van der Waals surface area (Å²) >= 11 is 0. The van der Waals surface area contributed by atoms with Crippen LogP contribution in [0, 0.1) is 5.41 Å². The molecule has 0 spiro atoms. The van der Waals surface area contributed by atoms with E-state index in [1.165, 1.54) is 5.57 Å². The van der Waals surface area contributed by atoms with Gasteiger partial charge in [-0.25, -0.2) is 0 Å². The van der Waals surface area contributed by atoms with Gasteiger partial charge in [-0.2, -0.15) is 0 Å². The maximum Gasteiger partial charge on any atom is 0.203 e. The van der Waals surface area contributed by atoms with E-state index in [0.29, 0.717) is 36.1 Å². The highest BCUT2D eigenvalue weighted by molar-refractivity contribution is 6.77. The molecule has 0 aromatic heterocycles. The van der Waals surface area contributed by atoms with E-state index in [1.54, 1.807) is 6.08 Å². The number of rotatable bonds is 8. The van der Waals surface area contributed by atoms with Crippen molar-refractivity contribution in [2.75, 3.05) is 6.61 Å². The van der Waals surface area contributed by atoms with Crippen molar-refractivity contribution in [2.24, 2.45) is 5.41 Å². The van der Waals surface area contributed by atoms with Gasteiger partial charge in [0.1, 0.15) is 0 Å². The van der Waals surface area contributed by atoms with Gasteiger partial charge in [0.2, 0.25) is 14.1 Å². The first kappa shape index (κ1) is 21.2. The molecule has 0 amide bonds. The fraction of sp³-hybridized carbons (Fsp3) is 0.750. The molecule has 138 valence electrons. The topological polar surface area (TPSA) is 46.5 Å². The molecular formula is C20H36O3Si. The highest BCUT2D eigenvalue weighted by Gasteiger charge is 2.45. The fourth-order valence-corrected chi connectivity index (χ4v) is 9.67. The molecule has 3 nitrogen and oxygen atoms in total. The number of allylic oxidation sites excluding steroid dienone is 3. The predicted molar refractivity (Wildman–Crippen MR) is 104 cm³/mol. The Morgan fingerprint density at radius 1 is 1.25 bits per heavy atom. The second-order valence-corrected chi connectivity index (χ2v) is 14.0. The number of aliphatic hydroxyl groups is 1. The first-order valence-electron chi connectivity index (χ1n) is 9.21. The summed E-state index contributed by atoms with van der Waals surface area (Å²) in [6, 6.07) is 0. The lowest BCUT2D eigenvalue weighted by atomic mass is 9.82. The van der Waals surface area contributed by atoms with Crippen molar-refractivity contribution in [3.63, 3.8) is 0 Å². The average Bonchev–Trinajstić information content (AvgIpc) is 2.73. The van der Waals surface area contributed by atoms with E-state index in [0.717, 1.165) is 0 Å². The van der Waals surface area contributed by atoms with Crippen LogP contribution < -0.4 is 0 Å². The van der Waals surface area contributed by atoms with Crippen LogP contribution in [0.5, 0.6) is 0 Å². The molecule has 1 N–H and O–H groups in total. The highest BCUT2D eigenvalue weighted by atomic mass is 28.4. The van der Waals surface area contributed by atoms with Gasteiger partial charge in [0.05, 0.1) is 6.61 Å². The van der Waals surface area contributed by atoms with Crippen LogP contribution >= 0.6 is 0 Å². The van der Waals surface area contributed by atoms with Gasteiger partial charge in [-0.05, 0) is 42.5 Å². The molecular weight excluding hydrogens is 316 g/mol. The number of hydrogen-bond donors (Lipinski definition) is 1. The molecule has 0 saturated heterocycles.